The van der Waals surface area contributed by atoms with Crippen molar-refractivity contribution >= 4 is 23.4 Å². The number of amides is 1. The lowest BCUT2D eigenvalue weighted by Crippen LogP contribution is -2.47. The van der Waals surface area contributed by atoms with Crippen molar-refractivity contribution in [1.82, 2.24) is 9.78 Å². The molecule has 2 aliphatic rings. The zero-order valence-electron chi connectivity index (χ0n) is 17.3. The maximum atomic E-state index is 14.8. The van der Waals surface area contributed by atoms with Crippen molar-refractivity contribution < 1.29 is 31.1 Å². The first-order chi connectivity index (χ1) is 14.9. The van der Waals surface area contributed by atoms with Gasteiger partial charge < -0.3 is 5.32 Å². The molecule has 32 heavy (non-hydrogen) atoms. The fourth-order valence-electron chi connectivity index (χ4n) is 4.31. The molecule has 2 fully saturated rings. The van der Waals surface area contributed by atoms with E-state index in [0.717, 1.165) is 22.5 Å². The number of carbonyl (C=O) groups excluding carboxylic acids is 1. The molecule has 2 aliphatic carbocycles. The van der Waals surface area contributed by atoms with Gasteiger partial charge in [0.25, 0.3) is 12.3 Å². The first kappa shape index (κ1) is 23.0. The number of carbonyl (C=O) groups is 1. The Kier molecular flexibility index (Phi) is 5.54. The van der Waals surface area contributed by atoms with Gasteiger partial charge in [0.15, 0.2) is 5.67 Å². The summed E-state index contributed by atoms with van der Waals surface area (Å²) >= 11 is 1.09. The molecule has 11 heteroatoms. The topological polar surface area (TPSA) is 46.9 Å². The van der Waals surface area contributed by atoms with Crippen molar-refractivity contribution in [3.63, 3.8) is 0 Å². The number of thioether (sulfide) groups is 1. The lowest BCUT2D eigenvalue weighted by molar-refractivity contribution is -0.160. The number of hydrogen-bond donors (Lipinski definition) is 1. The average molecular weight is 477 g/mol. The molecule has 1 aromatic heterocycles. The van der Waals surface area contributed by atoms with E-state index in [2.05, 4.69) is 10.4 Å². The summed E-state index contributed by atoms with van der Waals surface area (Å²) in [7, 11) is 0. The lowest BCUT2D eigenvalue weighted by atomic mass is 9.67. The van der Waals surface area contributed by atoms with E-state index in [0.29, 0.717) is 0 Å². The second-order valence-corrected chi connectivity index (χ2v) is 9.71. The molecule has 0 unspecified atom stereocenters. The van der Waals surface area contributed by atoms with Crippen LogP contribution < -0.4 is 5.32 Å². The molecule has 0 bridgehead atoms. The zero-order chi connectivity index (χ0) is 23.5. The number of nitrogens with zero attached hydrogens (tertiary/aromatic N) is 2. The molecule has 2 saturated carbocycles. The third-order valence-electron chi connectivity index (χ3n) is 5.85. The molecule has 1 aromatic carbocycles. The van der Waals surface area contributed by atoms with Crippen LogP contribution in [0.25, 0.3) is 0 Å². The summed E-state index contributed by atoms with van der Waals surface area (Å²) < 4.78 is 84.5. The van der Waals surface area contributed by atoms with Crippen LogP contribution >= 0.6 is 11.8 Å². The first-order valence-corrected chi connectivity index (χ1v) is 11.2. The minimum atomic E-state index is -3.20. The van der Waals surface area contributed by atoms with Crippen molar-refractivity contribution in [2.45, 2.75) is 62.1 Å². The quantitative estimate of drug-likeness (QED) is 0.375. The summed E-state index contributed by atoms with van der Waals surface area (Å²) in [6.45, 7) is 1.31. The maximum Gasteiger partial charge on any atom is 0.274 e. The highest BCUT2D eigenvalue weighted by molar-refractivity contribution is 7.98. The normalized spacial score (nSPS) is 20.2. The standard InChI is InChI=1S/C21H21F6N3OS/c1-19(8-21(26,27)9-19)10-30-15(14(17(23)24)16(29-30)20(25)5-6-20)18(31)28-11-3-4-12(22)13(7-11)32-2/h3-4,7,17H,5-6,8-10H2,1-2H3,(H,28,31). The highest BCUT2D eigenvalue weighted by Crippen LogP contribution is 2.54. The highest BCUT2D eigenvalue weighted by Gasteiger charge is 2.55. The molecule has 1 heterocycles. The van der Waals surface area contributed by atoms with Gasteiger partial charge in [0.1, 0.15) is 17.2 Å². The number of hydrogen-bond acceptors (Lipinski definition) is 3. The van der Waals surface area contributed by atoms with Crippen LogP contribution in [0.5, 0.6) is 0 Å². The largest absolute Gasteiger partial charge is 0.321 e. The van der Waals surface area contributed by atoms with Gasteiger partial charge in [0, 0.05) is 30.0 Å². The van der Waals surface area contributed by atoms with Crippen LogP contribution in [0.1, 0.15) is 60.8 Å². The van der Waals surface area contributed by atoms with Gasteiger partial charge in [-0.25, -0.2) is 26.3 Å². The van der Waals surface area contributed by atoms with E-state index in [-0.39, 0.29) is 30.0 Å². The van der Waals surface area contributed by atoms with Crippen LogP contribution in [0, 0.1) is 11.2 Å². The number of nitrogens with one attached hydrogen (secondary N) is 1. The summed E-state index contributed by atoms with van der Waals surface area (Å²) in [5.41, 5.74) is -4.79. The first-order valence-electron chi connectivity index (χ1n) is 9.97. The molecule has 0 aliphatic heterocycles. The number of alkyl halides is 5. The van der Waals surface area contributed by atoms with Crippen molar-refractivity contribution in [3.05, 3.63) is 41.0 Å². The summed E-state index contributed by atoms with van der Waals surface area (Å²) in [4.78, 5) is 13.3. The second-order valence-electron chi connectivity index (χ2n) is 8.86. The van der Waals surface area contributed by atoms with Gasteiger partial charge in [0.2, 0.25) is 5.92 Å². The van der Waals surface area contributed by atoms with Crippen LogP contribution in [0.2, 0.25) is 0 Å². The smallest absolute Gasteiger partial charge is 0.274 e. The maximum absolute atomic E-state index is 14.8. The molecule has 1 amide bonds. The van der Waals surface area contributed by atoms with E-state index in [4.69, 9.17) is 0 Å². The van der Waals surface area contributed by atoms with Crippen LogP contribution in [0.3, 0.4) is 0 Å². The summed E-state index contributed by atoms with van der Waals surface area (Å²) in [6, 6.07) is 3.73. The zero-order valence-corrected chi connectivity index (χ0v) is 18.1. The Labute approximate surface area is 184 Å². The van der Waals surface area contributed by atoms with Crippen LogP contribution in [-0.4, -0.2) is 27.9 Å². The van der Waals surface area contributed by atoms with E-state index in [1.54, 1.807) is 13.2 Å². The molecule has 174 valence electrons. The number of rotatable bonds is 7. The van der Waals surface area contributed by atoms with Crippen molar-refractivity contribution in [2.24, 2.45) is 5.41 Å². The summed E-state index contributed by atoms with van der Waals surface area (Å²) in [6.07, 6.45) is -2.55. The van der Waals surface area contributed by atoms with Gasteiger partial charge in [-0.15, -0.1) is 11.8 Å². The van der Waals surface area contributed by atoms with Gasteiger partial charge >= 0.3 is 0 Å². The second kappa shape index (κ2) is 7.71. The van der Waals surface area contributed by atoms with E-state index >= 15 is 0 Å². The number of benzene rings is 1. The number of aromatic nitrogens is 2. The molecular formula is C21H21F6N3OS. The van der Waals surface area contributed by atoms with Crippen LogP contribution in [0.15, 0.2) is 23.1 Å². The predicted octanol–water partition coefficient (Wildman–Crippen LogP) is 6.33. The third kappa shape index (κ3) is 4.23. The Balaban J connectivity index is 1.73. The Bertz CT molecular complexity index is 1060. The monoisotopic (exact) mass is 477 g/mol. The Hall–Kier alpha value is -2.17. The molecule has 2 aromatic rings. The summed E-state index contributed by atoms with van der Waals surface area (Å²) in [5, 5.41) is 6.42. The van der Waals surface area contributed by atoms with Crippen LogP contribution in [0.4, 0.5) is 32.0 Å². The molecule has 1 N–H and O–H groups in total. The molecule has 4 rings (SSSR count). The minimum absolute atomic E-state index is 0.00479. The average Bonchev–Trinajstić information content (AvgIpc) is 3.29. The minimum Gasteiger partial charge on any atom is -0.321 e. The lowest BCUT2D eigenvalue weighted by Gasteiger charge is -2.44. The molecular weight excluding hydrogens is 456 g/mol. The van der Waals surface area contributed by atoms with Gasteiger partial charge in [-0.2, -0.15) is 5.10 Å². The SMILES string of the molecule is CSc1cc(NC(=O)c2c(C(F)F)c(C3(F)CC3)nn2CC2(C)CC(F)(F)C2)ccc1F. The Morgan fingerprint density at radius 3 is 2.44 bits per heavy atom. The van der Waals surface area contributed by atoms with Gasteiger partial charge in [0.05, 0.1) is 5.56 Å². The van der Waals surface area contributed by atoms with Crippen molar-refractivity contribution in [2.75, 3.05) is 11.6 Å². The van der Waals surface area contributed by atoms with E-state index in [1.807, 2.05) is 0 Å². The van der Waals surface area contributed by atoms with E-state index < -0.39 is 64.9 Å². The molecule has 4 nitrogen and oxygen atoms in total. The molecule has 0 saturated heterocycles. The van der Waals surface area contributed by atoms with Gasteiger partial charge in [-0.05, 0) is 42.7 Å². The molecule has 0 atom stereocenters. The highest BCUT2D eigenvalue weighted by atomic mass is 32.2. The predicted molar refractivity (Wildman–Crippen MR) is 108 cm³/mol. The Morgan fingerprint density at radius 2 is 1.91 bits per heavy atom. The van der Waals surface area contributed by atoms with Crippen molar-refractivity contribution in [1.29, 1.82) is 0 Å². The van der Waals surface area contributed by atoms with E-state index in [9.17, 15) is 31.1 Å². The number of halogens is 6. The fraction of sp³-hybridized carbons (Fsp3) is 0.524. The fourth-order valence-corrected chi connectivity index (χ4v) is 4.82. The summed E-state index contributed by atoms with van der Waals surface area (Å²) in [5.74, 6) is -4.38. The van der Waals surface area contributed by atoms with Gasteiger partial charge in [-0.3, -0.25) is 9.48 Å². The van der Waals surface area contributed by atoms with Crippen LogP contribution in [-0.2, 0) is 12.2 Å². The van der Waals surface area contributed by atoms with Gasteiger partial charge in [-0.1, -0.05) is 6.92 Å². The number of anilines is 1. The Morgan fingerprint density at radius 1 is 1.25 bits per heavy atom. The molecule has 0 radical (unpaired) electrons. The van der Waals surface area contributed by atoms with Crippen molar-refractivity contribution in [3.8, 4) is 0 Å². The molecule has 0 spiro atoms. The van der Waals surface area contributed by atoms with E-state index in [1.165, 1.54) is 12.1 Å². The third-order valence-corrected chi connectivity index (χ3v) is 6.60.